The van der Waals surface area contributed by atoms with Crippen LogP contribution >= 0.6 is 0 Å². The highest BCUT2D eigenvalue weighted by Crippen LogP contribution is 2.16. The van der Waals surface area contributed by atoms with E-state index < -0.39 is 54.0 Å². The third kappa shape index (κ3) is 7.08. The van der Waals surface area contributed by atoms with Crippen LogP contribution in [-0.2, 0) is 14.3 Å². The predicted octanol–water partition coefficient (Wildman–Crippen LogP) is -1.14. The summed E-state index contributed by atoms with van der Waals surface area (Å²) in [5.41, 5.74) is -0.0657. The van der Waals surface area contributed by atoms with Crippen molar-refractivity contribution in [1.29, 1.82) is 0 Å². The van der Waals surface area contributed by atoms with Crippen LogP contribution in [0.2, 0.25) is 0 Å². The Labute approximate surface area is 164 Å². The van der Waals surface area contributed by atoms with Gasteiger partial charge in [-0.05, 0) is 19.1 Å². The Hall–Kier alpha value is -3.13. The molecule has 0 aromatic heterocycles. The van der Waals surface area contributed by atoms with E-state index >= 15 is 0 Å². The number of urea groups is 1. The first-order chi connectivity index (χ1) is 13.6. The highest BCUT2D eigenvalue weighted by molar-refractivity contribution is 5.91. The third-order valence-corrected chi connectivity index (χ3v) is 3.76. The molecule has 1 aromatic carbocycles. The summed E-state index contributed by atoms with van der Waals surface area (Å²) in [6.07, 6.45) is -6.74. The number of hydrogen-bond acceptors (Lipinski definition) is 9. The van der Waals surface area contributed by atoms with Crippen molar-refractivity contribution >= 4 is 29.7 Å². The van der Waals surface area contributed by atoms with E-state index in [-0.39, 0.29) is 17.7 Å². The number of aliphatic carboxylic acids is 1. The predicted molar refractivity (Wildman–Crippen MR) is 96.2 cm³/mol. The van der Waals surface area contributed by atoms with Crippen molar-refractivity contribution in [3.63, 3.8) is 0 Å². The Kier molecular flexibility index (Phi) is 9.08. The number of aldehydes is 1. The third-order valence-electron chi connectivity index (χ3n) is 3.76. The summed E-state index contributed by atoms with van der Waals surface area (Å²) in [6.45, 7) is 0.190. The van der Waals surface area contributed by atoms with E-state index in [1.807, 2.05) is 0 Å². The molecular formula is C16H21N3O10. The normalized spacial score (nSPS) is 16.0. The number of nitrogens with zero attached hydrogens (tertiary/aromatic N) is 1. The van der Waals surface area contributed by atoms with E-state index in [0.717, 1.165) is 19.1 Å². The number of non-ortho nitro benzene ring substituents is 1. The molecule has 0 spiro atoms. The van der Waals surface area contributed by atoms with Gasteiger partial charge in [0.1, 0.15) is 30.6 Å². The number of nitro groups is 1. The molecule has 6 N–H and O–H groups in total. The minimum absolute atomic E-state index is 0.144. The Bertz CT molecular complexity index is 726. The molecule has 13 heteroatoms. The average Bonchev–Trinajstić information content (AvgIpc) is 2.69. The van der Waals surface area contributed by atoms with E-state index in [9.17, 15) is 34.7 Å². The minimum atomic E-state index is -1.91. The molecule has 0 bridgehead atoms. The number of carboxylic acids is 1. The maximum Gasteiger partial charge on any atom is 0.332 e. The van der Waals surface area contributed by atoms with Gasteiger partial charge in [-0.1, -0.05) is 0 Å². The molecule has 5 unspecified atom stereocenters. The van der Waals surface area contributed by atoms with Crippen LogP contribution in [0.5, 0.6) is 0 Å². The number of aliphatic hydroxyl groups is 3. The zero-order valence-corrected chi connectivity index (χ0v) is 15.2. The molecule has 0 fully saturated rings. The number of nitro benzene ring substituents is 1. The molecule has 0 aliphatic carbocycles. The van der Waals surface area contributed by atoms with Crippen molar-refractivity contribution in [2.45, 2.75) is 37.4 Å². The van der Waals surface area contributed by atoms with Crippen molar-refractivity contribution in [3.05, 3.63) is 34.4 Å². The van der Waals surface area contributed by atoms with Gasteiger partial charge in [-0.3, -0.25) is 10.1 Å². The minimum Gasteiger partial charge on any atom is -0.479 e. The molecule has 2 amide bonds. The second-order valence-corrected chi connectivity index (χ2v) is 5.89. The zero-order chi connectivity index (χ0) is 22.1. The maximum absolute atomic E-state index is 12.1. The lowest BCUT2D eigenvalue weighted by Gasteiger charge is -2.31. The highest BCUT2D eigenvalue weighted by atomic mass is 16.6. The number of hydrogen-bond donors (Lipinski definition) is 6. The molecule has 0 aliphatic heterocycles. The van der Waals surface area contributed by atoms with Gasteiger partial charge in [-0.2, -0.15) is 0 Å². The Morgan fingerprint density at radius 3 is 2.31 bits per heavy atom. The van der Waals surface area contributed by atoms with E-state index in [2.05, 4.69) is 10.6 Å². The van der Waals surface area contributed by atoms with E-state index in [0.29, 0.717) is 0 Å². The molecule has 0 heterocycles. The first-order valence-corrected chi connectivity index (χ1v) is 8.23. The Morgan fingerprint density at radius 2 is 1.86 bits per heavy atom. The quantitative estimate of drug-likeness (QED) is 0.145. The summed E-state index contributed by atoms with van der Waals surface area (Å²) in [5.74, 6) is -1.43. The fraction of sp³-hybridized carbons (Fsp3) is 0.438. The molecule has 13 nitrogen and oxygen atoms in total. The number of amides is 2. The number of carbonyl (C=O) groups excluding carboxylic acids is 2. The van der Waals surface area contributed by atoms with Crippen LogP contribution in [0.1, 0.15) is 6.92 Å². The van der Waals surface area contributed by atoms with Gasteiger partial charge in [0.25, 0.3) is 5.69 Å². The molecule has 160 valence electrons. The molecule has 0 aliphatic rings. The molecule has 0 saturated carbocycles. The first-order valence-electron chi connectivity index (χ1n) is 8.23. The number of rotatable bonds is 11. The summed E-state index contributed by atoms with van der Waals surface area (Å²) < 4.78 is 5.07. The van der Waals surface area contributed by atoms with Crippen molar-refractivity contribution in [2.75, 3.05) is 11.9 Å². The number of carbonyl (C=O) groups is 3. The Balaban J connectivity index is 2.92. The van der Waals surface area contributed by atoms with Gasteiger partial charge in [0.2, 0.25) is 0 Å². The molecule has 5 atom stereocenters. The van der Waals surface area contributed by atoms with Gasteiger partial charge in [-0.15, -0.1) is 0 Å². The first kappa shape index (κ1) is 23.9. The van der Waals surface area contributed by atoms with Crippen LogP contribution in [0.15, 0.2) is 24.3 Å². The fourth-order valence-corrected chi connectivity index (χ4v) is 2.18. The van der Waals surface area contributed by atoms with Gasteiger partial charge >= 0.3 is 12.0 Å². The lowest BCUT2D eigenvalue weighted by atomic mass is 10.0. The van der Waals surface area contributed by atoms with Crippen LogP contribution in [0, 0.1) is 10.1 Å². The van der Waals surface area contributed by atoms with E-state index in [1.165, 1.54) is 12.1 Å². The summed E-state index contributed by atoms with van der Waals surface area (Å²) in [6, 6.07) is 2.16. The van der Waals surface area contributed by atoms with Crippen molar-refractivity contribution in [2.24, 2.45) is 0 Å². The van der Waals surface area contributed by atoms with Crippen LogP contribution in [0.3, 0.4) is 0 Å². The van der Waals surface area contributed by atoms with Crippen LogP contribution in [-0.4, -0.2) is 80.7 Å². The van der Waals surface area contributed by atoms with Gasteiger partial charge < -0.3 is 40.6 Å². The lowest BCUT2D eigenvalue weighted by Crippen LogP contribution is -2.56. The number of carboxylic acid groups (broad SMARTS) is 1. The molecule has 29 heavy (non-hydrogen) atoms. The summed E-state index contributed by atoms with van der Waals surface area (Å²) in [4.78, 5) is 44.5. The van der Waals surface area contributed by atoms with Crippen molar-refractivity contribution in [3.8, 4) is 0 Å². The monoisotopic (exact) mass is 415 g/mol. The summed E-state index contributed by atoms with van der Waals surface area (Å²) in [5, 5.41) is 52.6. The van der Waals surface area contributed by atoms with Gasteiger partial charge in [0, 0.05) is 17.8 Å². The number of benzene rings is 1. The lowest BCUT2D eigenvalue weighted by molar-refractivity contribution is -0.384. The maximum atomic E-state index is 12.1. The van der Waals surface area contributed by atoms with Gasteiger partial charge in [0.15, 0.2) is 6.10 Å². The number of nitrogens with one attached hydrogen (secondary N) is 2. The molecular weight excluding hydrogens is 394 g/mol. The average molecular weight is 415 g/mol. The van der Waals surface area contributed by atoms with Crippen molar-refractivity contribution < 1.29 is 44.5 Å². The van der Waals surface area contributed by atoms with E-state index in [4.69, 9.17) is 14.9 Å². The molecule has 1 rings (SSSR count). The van der Waals surface area contributed by atoms with Gasteiger partial charge in [-0.25, -0.2) is 9.59 Å². The summed E-state index contributed by atoms with van der Waals surface area (Å²) >= 11 is 0. The van der Waals surface area contributed by atoms with Crippen LogP contribution in [0.4, 0.5) is 16.2 Å². The highest BCUT2D eigenvalue weighted by Gasteiger charge is 2.37. The molecule has 1 aromatic rings. The second kappa shape index (κ2) is 11.0. The zero-order valence-electron chi connectivity index (χ0n) is 15.2. The SMILES string of the molecule is CC(OC(C(C=O)NC(=O)Nc1ccc([N+](=O)[O-])cc1)C(O)C(O)CO)C(=O)O. The standard InChI is InChI=1S/C16H21N3O10/c1-8(15(24)25)29-14(13(23)12(22)7-21)11(6-20)18-16(26)17-9-2-4-10(5-3-9)19(27)28/h2-6,8,11-14,21-23H,7H2,1H3,(H,24,25)(H2,17,18,26). The number of aliphatic hydroxyl groups excluding tert-OH is 3. The molecule has 0 radical (unpaired) electrons. The van der Waals surface area contributed by atoms with Crippen molar-refractivity contribution in [1.82, 2.24) is 5.32 Å². The largest absolute Gasteiger partial charge is 0.479 e. The number of anilines is 1. The van der Waals surface area contributed by atoms with Crippen LogP contribution in [0.25, 0.3) is 0 Å². The topological polar surface area (TPSA) is 209 Å². The molecule has 0 saturated heterocycles. The smallest absolute Gasteiger partial charge is 0.332 e. The van der Waals surface area contributed by atoms with Gasteiger partial charge in [0.05, 0.1) is 11.5 Å². The van der Waals surface area contributed by atoms with Crippen LogP contribution < -0.4 is 10.6 Å². The second-order valence-electron chi connectivity index (χ2n) is 5.89. The number of ether oxygens (including phenoxy) is 1. The fourth-order valence-electron chi connectivity index (χ4n) is 2.18. The van der Waals surface area contributed by atoms with E-state index in [1.54, 1.807) is 0 Å². The summed E-state index contributed by atoms with van der Waals surface area (Å²) in [7, 11) is 0. The Morgan fingerprint density at radius 1 is 1.28 bits per heavy atom.